The van der Waals surface area contributed by atoms with E-state index < -0.39 is 24.6 Å². The Hall–Kier alpha value is -1.38. The molecule has 2 amide bonds. The molecule has 0 radical (unpaired) electrons. The average molecular weight is 292 g/mol. The molecule has 0 aliphatic rings. The van der Waals surface area contributed by atoms with E-state index in [1.165, 1.54) is 4.90 Å². The quantitative estimate of drug-likeness (QED) is 0.444. The number of rotatable bonds is 11. The van der Waals surface area contributed by atoms with Gasteiger partial charge in [-0.1, -0.05) is 0 Å². The maximum Gasteiger partial charge on any atom is 0.328 e. The summed E-state index contributed by atoms with van der Waals surface area (Å²) in [6, 6.07) is -1.88. The molecule has 0 saturated heterocycles. The molecule has 0 heterocycles. The van der Waals surface area contributed by atoms with Gasteiger partial charge in [0.2, 0.25) is 0 Å². The molecule has 8 heteroatoms. The topological polar surface area (TPSA) is 108 Å². The smallest absolute Gasteiger partial charge is 0.328 e. The number of urea groups is 1. The molecule has 0 aromatic rings. The molecule has 0 fully saturated rings. The summed E-state index contributed by atoms with van der Waals surface area (Å²) in [5.74, 6) is -1.28. The maximum atomic E-state index is 11.9. The van der Waals surface area contributed by atoms with Crippen LogP contribution < -0.4 is 5.32 Å². The van der Waals surface area contributed by atoms with E-state index >= 15 is 0 Å². The first kappa shape index (κ1) is 18.6. The van der Waals surface area contributed by atoms with Gasteiger partial charge in [-0.25, -0.2) is 9.59 Å². The van der Waals surface area contributed by atoms with Crippen LogP contribution in [-0.2, 0) is 14.3 Å². The molecule has 20 heavy (non-hydrogen) atoms. The van der Waals surface area contributed by atoms with Crippen LogP contribution in [0.4, 0.5) is 4.79 Å². The zero-order valence-electron chi connectivity index (χ0n) is 12.0. The SMILES string of the molecule is CCOCCN(CCOCC)C(=O)NC(CO)C(=O)O. The first-order valence-electron chi connectivity index (χ1n) is 6.61. The van der Waals surface area contributed by atoms with Gasteiger partial charge in [0, 0.05) is 26.3 Å². The molecular formula is C12H24N2O6. The second-order valence-corrected chi connectivity index (χ2v) is 3.90. The lowest BCUT2D eigenvalue weighted by atomic mass is 10.3. The molecule has 0 aromatic carbocycles. The molecule has 1 atom stereocenters. The number of aliphatic carboxylic acids is 1. The number of nitrogens with one attached hydrogen (secondary N) is 1. The van der Waals surface area contributed by atoms with Gasteiger partial charge in [0.25, 0.3) is 0 Å². The van der Waals surface area contributed by atoms with Gasteiger partial charge in [0.05, 0.1) is 19.8 Å². The van der Waals surface area contributed by atoms with Crippen LogP contribution in [0, 0.1) is 0 Å². The molecular weight excluding hydrogens is 268 g/mol. The predicted molar refractivity (Wildman–Crippen MR) is 71.6 cm³/mol. The minimum Gasteiger partial charge on any atom is -0.480 e. The van der Waals surface area contributed by atoms with Crippen molar-refractivity contribution in [1.29, 1.82) is 0 Å². The number of carboxylic acid groups (broad SMARTS) is 1. The fourth-order valence-corrected chi connectivity index (χ4v) is 1.38. The molecule has 0 saturated carbocycles. The second-order valence-electron chi connectivity index (χ2n) is 3.90. The summed E-state index contributed by atoms with van der Waals surface area (Å²) in [7, 11) is 0. The van der Waals surface area contributed by atoms with E-state index in [1.54, 1.807) is 0 Å². The highest BCUT2D eigenvalue weighted by Crippen LogP contribution is 1.94. The summed E-state index contributed by atoms with van der Waals surface area (Å²) in [5, 5.41) is 19.9. The fourth-order valence-electron chi connectivity index (χ4n) is 1.38. The van der Waals surface area contributed by atoms with Gasteiger partial charge in [0.1, 0.15) is 0 Å². The highest BCUT2D eigenvalue weighted by molar-refractivity contribution is 5.82. The summed E-state index contributed by atoms with van der Waals surface area (Å²) in [6.45, 7) is 5.46. The summed E-state index contributed by atoms with van der Waals surface area (Å²) in [4.78, 5) is 24.1. The molecule has 0 rings (SSSR count). The van der Waals surface area contributed by atoms with Crippen LogP contribution in [-0.4, -0.2) is 79.3 Å². The van der Waals surface area contributed by atoms with E-state index in [0.29, 0.717) is 39.5 Å². The Labute approximate surface area is 118 Å². The third-order valence-electron chi connectivity index (χ3n) is 2.48. The van der Waals surface area contributed by atoms with Crippen LogP contribution in [0.2, 0.25) is 0 Å². The highest BCUT2D eigenvalue weighted by atomic mass is 16.5. The number of nitrogens with zero attached hydrogens (tertiary/aromatic N) is 1. The molecule has 8 nitrogen and oxygen atoms in total. The number of aliphatic hydroxyl groups is 1. The van der Waals surface area contributed by atoms with Crippen molar-refractivity contribution in [2.75, 3.05) is 46.1 Å². The predicted octanol–water partition coefficient (Wildman–Crippen LogP) is -0.483. The molecule has 0 aliphatic carbocycles. The van der Waals surface area contributed by atoms with Crippen molar-refractivity contribution in [3.8, 4) is 0 Å². The Balaban J connectivity index is 4.39. The van der Waals surface area contributed by atoms with Gasteiger partial charge in [-0.3, -0.25) is 0 Å². The summed E-state index contributed by atoms with van der Waals surface area (Å²) in [5.41, 5.74) is 0. The van der Waals surface area contributed by atoms with Crippen molar-refractivity contribution < 1.29 is 29.3 Å². The molecule has 0 aliphatic heterocycles. The lowest BCUT2D eigenvalue weighted by Gasteiger charge is -2.24. The Morgan fingerprint density at radius 2 is 1.65 bits per heavy atom. The first-order valence-corrected chi connectivity index (χ1v) is 6.61. The lowest BCUT2D eigenvalue weighted by molar-refractivity contribution is -0.140. The summed E-state index contributed by atoms with van der Waals surface area (Å²) < 4.78 is 10.3. The van der Waals surface area contributed by atoms with Gasteiger partial charge >= 0.3 is 12.0 Å². The Morgan fingerprint density at radius 3 is 2.00 bits per heavy atom. The fraction of sp³-hybridized carbons (Fsp3) is 0.833. The molecule has 0 spiro atoms. The zero-order valence-corrected chi connectivity index (χ0v) is 12.0. The van der Waals surface area contributed by atoms with E-state index in [9.17, 15) is 9.59 Å². The van der Waals surface area contributed by atoms with E-state index in [-0.39, 0.29) is 0 Å². The Morgan fingerprint density at radius 1 is 1.15 bits per heavy atom. The molecule has 1 unspecified atom stereocenters. The molecule has 0 aromatic heterocycles. The van der Waals surface area contributed by atoms with Crippen LogP contribution in [0.3, 0.4) is 0 Å². The van der Waals surface area contributed by atoms with Gasteiger partial charge in [-0.05, 0) is 13.8 Å². The standard InChI is InChI=1S/C12H24N2O6/c1-3-19-7-5-14(6-8-20-4-2)12(18)13-10(9-15)11(16)17/h10,15H,3-9H2,1-2H3,(H,13,18)(H,16,17). The highest BCUT2D eigenvalue weighted by Gasteiger charge is 2.22. The van der Waals surface area contributed by atoms with Crippen LogP contribution in [0.15, 0.2) is 0 Å². The van der Waals surface area contributed by atoms with Crippen LogP contribution >= 0.6 is 0 Å². The van der Waals surface area contributed by atoms with Crippen molar-refractivity contribution in [2.24, 2.45) is 0 Å². The minimum absolute atomic E-state index is 0.324. The zero-order chi connectivity index (χ0) is 15.4. The van der Waals surface area contributed by atoms with Crippen molar-refractivity contribution in [1.82, 2.24) is 10.2 Å². The van der Waals surface area contributed by atoms with Crippen LogP contribution in [0.1, 0.15) is 13.8 Å². The number of aliphatic hydroxyl groups excluding tert-OH is 1. The number of hydrogen-bond acceptors (Lipinski definition) is 5. The number of hydrogen-bond donors (Lipinski definition) is 3. The minimum atomic E-state index is -1.32. The lowest BCUT2D eigenvalue weighted by Crippen LogP contribution is -2.51. The van der Waals surface area contributed by atoms with Gasteiger partial charge < -0.3 is 29.9 Å². The third-order valence-corrected chi connectivity index (χ3v) is 2.48. The number of amides is 2. The first-order chi connectivity index (χ1) is 9.56. The van der Waals surface area contributed by atoms with E-state index in [1.807, 2.05) is 13.8 Å². The largest absolute Gasteiger partial charge is 0.480 e. The maximum absolute atomic E-state index is 11.9. The number of carbonyl (C=O) groups is 2. The van der Waals surface area contributed by atoms with Crippen molar-refractivity contribution in [2.45, 2.75) is 19.9 Å². The average Bonchev–Trinajstić information content (AvgIpc) is 2.42. The number of ether oxygens (including phenoxy) is 2. The number of carbonyl (C=O) groups excluding carboxylic acids is 1. The van der Waals surface area contributed by atoms with Crippen LogP contribution in [0.25, 0.3) is 0 Å². The Kier molecular flexibility index (Phi) is 10.7. The normalized spacial score (nSPS) is 11.9. The van der Waals surface area contributed by atoms with E-state index in [2.05, 4.69) is 5.32 Å². The molecule has 118 valence electrons. The van der Waals surface area contributed by atoms with E-state index in [0.717, 1.165) is 0 Å². The van der Waals surface area contributed by atoms with Gasteiger partial charge in [-0.2, -0.15) is 0 Å². The van der Waals surface area contributed by atoms with Crippen molar-refractivity contribution in [3.05, 3.63) is 0 Å². The van der Waals surface area contributed by atoms with Gasteiger partial charge in [0.15, 0.2) is 6.04 Å². The monoisotopic (exact) mass is 292 g/mol. The van der Waals surface area contributed by atoms with Crippen molar-refractivity contribution in [3.63, 3.8) is 0 Å². The summed E-state index contributed by atoms with van der Waals surface area (Å²) in [6.07, 6.45) is 0. The second kappa shape index (κ2) is 11.4. The molecule has 0 bridgehead atoms. The summed E-state index contributed by atoms with van der Waals surface area (Å²) >= 11 is 0. The van der Waals surface area contributed by atoms with Gasteiger partial charge in [-0.15, -0.1) is 0 Å². The Bertz CT molecular complexity index is 277. The third kappa shape index (κ3) is 7.93. The number of carboxylic acids is 1. The molecule has 3 N–H and O–H groups in total. The van der Waals surface area contributed by atoms with E-state index in [4.69, 9.17) is 19.7 Å². The van der Waals surface area contributed by atoms with Crippen LogP contribution in [0.5, 0.6) is 0 Å². The van der Waals surface area contributed by atoms with Crippen molar-refractivity contribution >= 4 is 12.0 Å².